The van der Waals surface area contributed by atoms with E-state index in [4.69, 9.17) is 0 Å². The smallest absolute Gasteiger partial charge is 0.167 e. The van der Waals surface area contributed by atoms with E-state index in [2.05, 4.69) is 57.0 Å². The Morgan fingerprint density at radius 2 is 2.07 bits per heavy atom. The van der Waals surface area contributed by atoms with Gasteiger partial charge in [0, 0.05) is 41.3 Å². The topological polar surface area (TPSA) is 84.5 Å². The second-order valence-electron chi connectivity index (χ2n) is 9.08. The van der Waals surface area contributed by atoms with Gasteiger partial charge in [-0.1, -0.05) is 44.2 Å². The highest BCUT2D eigenvalue weighted by Crippen LogP contribution is 2.55. The third-order valence-electron chi connectivity index (χ3n) is 6.81. The number of azo groups is 1. The standard InChI is InChI=1S/C23H26N6O/c1-6-23(15-9-7-8-14(10-15)19-13(2)26-28-29(19)5)16-12-24-27-21(16)25-17-11-22(3,4)20(30)18(17)23/h7-10,25H,6,11-12H2,1-5H3. The van der Waals surface area contributed by atoms with E-state index in [1.165, 1.54) is 0 Å². The Balaban J connectivity index is 1.76. The second kappa shape index (κ2) is 6.20. The highest BCUT2D eigenvalue weighted by molar-refractivity contribution is 6.06. The van der Waals surface area contributed by atoms with Crippen LogP contribution in [0.25, 0.3) is 11.3 Å². The summed E-state index contributed by atoms with van der Waals surface area (Å²) in [6, 6.07) is 8.45. The first-order valence-electron chi connectivity index (χ1n) is 10.4. The molecule has 0 saturated carbocycles. The first-order chi connectivity index (χ1) is 14.3. The summed E-state index contributed by atoms with van der Waals surface area (Å²) >= 11 is 0. The van der Waals surface area contributed by atoms with Crippen molar-refractivity contribution in [1.29, 1.82) is 0 Å². The van der Waals surface area contributed by atoms with Crippen molar-refractivity contribution in [3.8, 4) is 11.3 Å². The summed E-state index contributed by atoms with van der Waals surface area (Å²) in [5.74, 6) is 1.03. The summed E-state index contributed by atoms with van der Waals surface area (Å²) in [4.78, 5) is 13.6. The van der Waals surface area contributed by atoms with Gasteiger partial charge in [-0.25, -0.2) is 4.68 Å². The largest absolute Gasteiger partial charge is 0.342 e. The lowest BCUT2D eigenvalue weighted by Crippen LogP contribution is -2.41. The molecule has 5 rings (SSSR count). The van der Waals surface area contributed by atoms with Gasteiger partial charge in [0.1, 0.15) is 0 Å². The Labute approximate surface area is 176 Å². The van der Waals surface area contributed by atoms with Crippen LogP contribution in [0.5, 0.6) is 0 Å². The molecule has 1 atom stereocenters. The van der Waals surface area contributed by atoms with Crippen LogP contribution in [0.2, 0.25) is 0 Å². The van der Waals surface area contributed by atoms with Crippen molar-refractivity contribution < 1.29 is 4.79 Å². The number of Topliss-reactive ketones (excluding diaryl/α,β-unsaturated/α-hetero) is 1. The Hall–Kier alpha value is -3.09. The molecule has 0 radical (unpaired) electrons. The summed E-state index contributed by atoms with van der Waals surface area (Å²) in [7, 11) is 1.90. The minimum Gasteiger partial charge on any atom is -0.342 e. The molecule has 2 aliphatic heterocycles. The number of allylic oxidation sites excluding steroid dienone is 2. The lowest BCUT2D eigenvalue weighted by atomic mass is 9.63. The van der Waals surface area contributed by atoms with Crippen molar-refractivity contribution in [3.05, 3.63) is 58.2 Å². The Morgan fingerprint density at radius 1 is 1.27 bits per heavy atom. The number of dihydropyridines is 1. The van der Waals surface area contributed by atoms with Crippen LogP contribution in [0.3, 0.4) is 0 Å². The number of ketones is 1. The van der Waals surface area contributed by atoms with E-state index in [-0.39, 0.29) is 5.78 Å². The molecule has 0 fully saturated rings. The molecule has 0 spiro atoms. The molecule has 1 aliphatic carbocycles. The van der Waals surface area contributed by atoms with Gasteiger partial charge >= 0.3 is 0 Å². The fourth-order valence-corrected chi connectivity index (χ4v) is 5.39. The van der Waals surface area contributed by atoms with Gasteiger partial charge in [0.25, 0.3) is 0 Å². The molecule has 0 saturated heterocycles. The van der Waals surface area contributed by atoms with E-state index in [1.807, 2.05) is 27.8 Å². The van der Waals surface area contributed by atoms with Gasteiger partial charge in [0.2, 0.25) is 0 Å². The van der Waals surface area contributed by atoms with E-state index < -0.39 is 10.8 Å². The number of benzene rings is 1. The molecule has 0 amide bonds. The molecular formula is C23H26N6O. The highest BCUT2D eigenvalue weighted by Gasteiger charge is 2.54. The van der Waals surface area contributed by atoms with Gasteiger partial charge in [0.15, 0.2) is 11.6 Å². The van der Waals surface area contributed by atoms with E-state index in [1.54, 1.807) is 4.68 Å². The second-order valence-corrected chi connectivity index (χ2v) is 9.08. The monoisotopic (exact) mass is 402 g/mol. The van der Waals surface area contributed by atoms with Crippen molar-refractivity contribution in [3.63, 3.8) is 0 Å². The summed E-state index contributed by atoms with van der Waals surface area (Å²) in [5.41, 5.74) is 6.04. The molecule has 0 bridgehead atoms. The molecule has 1 aromatic heterocycles. The fourth-order valence-electron chi connectivity index (χ4n) is 5.39. The maximum atomic E-state index is 13.6. The molecule has 1 N–H and O–H groups in total. The van der Waals surface area contributed by atoms with Gasteiger partial charge in [-0.15, -0.1) is 10.2 Å². The lowest BCUT2D eigenvalue weighted by Gasteiger charge is -2.40. The van der Waals surface area contributed by atoms with Crippen molar-refractivity contribution in [2.24, 2.45) is 22.7 Å². The van der Waals surface area contributed by atoms with Crippen LogP contribution >= 0.6 is 0 Å². The van der Waals surface area contributed by atoms with E-state index >= 15 is 0 Å². The fraction of sp³-hybridized carbons (Fsp3) is 0.435. The van der Waals surface area contributed by atoms with Gasteiger partial charge in [-0.05, 0) is 25.0 Å². The Kier molecular flexibility index (Phi) is 3.91. The van der Waals surface area contributed by atoms with Crippen LogP contribution in [0.15, 0.2) is 57.2 Å². The Morgan fingerprint density at radius 3 is 2.77 bits per heavy atom. The molecule has 30 heavy (non-hydrogen) atoms. The van der Waals surface area contributed by atoms with Crippen LogP contribution in [0, 0.1) is 12.3 Å². The molecule has 3 aliphatic rings. The molecule has 154 valence electrons. The first kappa shape index (κ1) is 18.9. The van der Waals surface area contributed by atoms with Crippen LogP contribution < -0.4 is 5.32 Å². The van der Waals surface area contributed by atoms with Gasteiger partial charge in [0.05, 0.1) is 23.3 Å². The maximum Gasteiger partial charge on any atom is 0.167 e. The molecule has 3 heterocycles. The maximum absolute atomic E-state index is 13.6. The summed E-state index contributed by atoms with van der Waals surface area (Å²) in [5, 5.41) is 20.5. The highest BCUT2D eigenvalue weighted by atomic mass is 16.1. The quantitative estimate of drug-likeness (QED) is 0.842. The van der Waals surface area contributed by atoms with Crippen LogP contribution in [0.1, 0.15) is 44.9 Å². The van der Waals surface area contributed by atoms with Crippen LogP contribution in [-0.2, 0) is 17.3 Å². The van der Waals surface area contributed by atoms with Gasteiger partial charge in [-0.2, -0.15) is 5.11 Å². The number of hydrogen-bond acceptors (Lipinski definition) is 6. The zero-order valence-electron chi connectivity index (χ0n) is 18.1. The van der Waals surface area contributed by atoms with E-state index in [0.717, 1.165) is 51.6 Å². The van der Waals surface area contributed by atoms with Crippen LogP contribution in [-0.4, -0.2) is 27.3 Å². The van der Waals surface area contributed by atoms with Crippen molar-refractivity contribution in [1.82, 2.24) is 20.3 Å². The number of carbonyl (C=O) groups excluding carboxylic acids is 1. The predicted molar refractivity (Wildman–Crippen MR) is 113 cm³/mol. The van der Waals surface area contributed by atoms with Gasteiger partial charge in [-0.3, -0.25) is 4.79 Å². The third kappa shape index (κ3) is 2.35. The zero-order chi connectivity index (χ0) is 21.3. The van der Waals surface area contributed by atoms with E-state index in [0.29, 0.717) is 13.0 Å². The predicted octanol–water partition coefficient (Wildman–Crippen LogP) is 3.97. The SMILES string of the molecule is CCC1(c2cccc(-c3c(C)nnn3C)c2)C2=C(N=NC2)NC2=C1C(=O)C(C)(C)C2. The molecule has 7 nitrogen and oxygen atoms in total. The number of aromatic nitrogens is 3. The summed E-state index contributed by atoms with van der Waals surface area (Å²) < 4.78 is 1.80. The lowest BCUT2D eigenvalue weighted by molar-refractivity contribution is -0.122. The summed E-state index contributed by atoms with van der Waals surface area (Å²) in [6.07, 6.45) is 1.46. The normalized spacial score (nSPS) is 24.4. The molecular weight excluding hydrogens is 376 g/mol. The number of carbonyl (C=O) groups is 1. The van der Waals surface area contributed by atoms with Crippen molar-refractivity contribution >= 4 is 5.78 Å². The first-order valence-corrected chi connectivity index (χ1v) is 10.4. The Bertz CT molecular complexity index is 1160. The minimum atomic E-state index is -0.528. The van der Waals surface area contributed by atoms with Gasteiger partial charge < -0.3 is 5.32 Å². The minimum absolute atomic E-state index is 0.217. The number of hydrogen-bond donors (Lipinski definition) is 1. The third-order valence-corrected chi connectivity index (χ3v) is 6.81. The van der Waals surface area contributed by atoms with Crippen molar-refractivity contribution in [2.45, 2.75) is 46.0 Å². The molecule has 2 aromatic rings. The number of nitrogens with one attached hydrogen (secondary N) is 1. The number of aryl methyl sites for hydroxylation is 2. The number of rotatable bonds is 3. The zero-order valence-corrected chi connectivity index (χ0v) is 18.1. The molecule has 7 heteroatoms. The average molecular weight is 403 g/mol. The average Bonchev–Trinajstić information content (AvgIpc) is 3.37. The summed E-state index contributed by atoms with van der Waals surface area (Å²) in [6.45, 7) is 8.69. The van der Waals surface area contributed by atoms with E-state index in [9.17, 15) is 4.79 Å². The number of nitrogens with zero attached hydrogens (tertiary/aromatic N) is 5. The molecule has 1 unspecified atom stereocenters. The molecule has 1 aromatic carbocycles. The van der Waals surface area contributed by atoms with Crippen LogP contribution in [0.4, 0.5) is 0 Å². The van der Waals surface area contributed by atoms with Crippen molar-refractivity contribution in [2.75, 3.05) is 6.54 Å².